The lowest BCUT2D eigenvalue weighted by atomic mass is 10.0. The molecule has 0 spiro atoms. The summed E-state index contributed by atoms with van der Waals surface area (Å²) in [7, 11) is 0. The number of carbonyl (C=O) groups excluding carboxylic acids is 1. The molecule has 1 aromatic rings. The second kappa shape index (κ2) is 8.72. The highest BCUT2D eigenvalue weighted by molar-refractivity contribution is 5.94. The zero-order valence-electron chi connectivity index (χ0n) is 12.8. The van der Waals surface area contributed by atoms with Crippen molar-refractivity contribution in [1.82, 2.24) is 5.32 Å². The molecule has 0 bridgehead atoms. The van der Waals surface area contributed by atoms with E-state index in [1.54, 1.807) is 19.1 Å². The van der Waals surface area contributed by atoms with Crippen LogP contribution in [0.3, 0.4) is 0 Å². The second-order valence-electron chi connectivity index (χ2n) is 5.79. The maximum absolute atomic E-state index is 13.7. The number of benzene rings is 1. The molecule has 0 fully saturated rings. The predicted molar refractivity (Wildman–Crippen MR) is 81.4 cm³/mol. The Hall–Kier alpha value is -1.38. The molecule has 1 rings (SSSR count). The molecule has 3 heteroatoms. The first-order chi connectivity index (χ1) is 9.52. The van der Waals surface area contributed by atoms with Gasteiger partial charge in [0.1, 0.15) is 5.82 Å². The number of halogens is 1. The molecule has 0 aromatic heterocycles. The molecule has 0 saturated heterocycles. The zero-order chi connectivity index (χ0) is 15.0. The lowest BCUT2D eigenvalue weighted by Gasteiger charge is -2.08. The quantitative estimate of drug-likeness (QED) is 0.699. The molecule has 0 aliphatic carbocycles. The van der Waals surface area contributed by atoms with Crippen LogP contribution in [-0.2, 0) is 0 Å². The molecule has 0 heterocycles. The summed E-state index contributed by atoms with van der Waals surface area (Å²) in [6.45, 7) is 6.75. The van der Waals surface area contributed by atoms with Gasteiger partial charge in [-0.3, -0.25) is 4.79 Å². The van der Waals surface area contributed by atoms with E-state index in [1.807, 2.05) is 0 Å². The Balaban J connectivity index is 2.22. The van der Waals surface area contributed by atoms with Gasteiger partial charge in [0, 0.05) is 6.54 Å². The van der Waals surface area contributed by atoms with Crippen molar-refractivity contribution in [3.63, 3.8) is 0 Å². The maximum atomic E-state index is 13.7. The van der Waals surface area contributed by atoms with Gasteiger partial charge in [0.05, 0.1) is 5.56 Å². The van der Waals surface area contributed by atoms with Crippen LogP contribution in [0.15, 0.2) is 18.2 Å². The molecule has 0 radical (unpaired) electrons. The molecule has 112 valence electrons. The maximum Gasteiger partial charge on any atom is 0.254 e. The molecule has 0 atom stereocenters. The van der Waals surface area contributed by atoms with Gasteiger partial charge >= 0.3 is 0 Å². The van der Waals surface area contributed by atoms with Gasteiger partial charge in [-0.05, 0) is 30.9 Å². The van der Waals surface area contributed by atoms with Crippen LogP contribution >= 0.6 is 0 Å². The van der Waals surface area contributed by atoms with Gasteiger partial charge in [-0.25, -0.2) is 4.39 Å². The predicted octanol–water partition coefficient (Wildman–Crippen LogP) is 4.47. The van der Waals surface area contributed by atoms with Gasteiger partial charge < -0.3 is 5.32 Å². The van der Waals surface area contributed by atoms with Crippen LogP contribution in [0.1, 0.15) is 61.9 Å². The van der Waals surface area contributed by atoms with E-state index in [1.165, 1.54) is 25.3 Å². The van der Waals surface area contributed by atoms with Gasteiger partial charge in [-0.1, -0.05) is 51.7 Å². The van der Waals surface area contributed by atoms with Gasteiger partial charge in [0.15, 0.2) is 0 Å². The summed E-state index contributed by atoms with van der Waals surface area (Å²) < 4.78 is 13.7. The Morgan fingerprint density at radius 1 is 1.20 bits per heavy atom. The summed E-state index contributed by atoms with van der Waals surface area (Å²) >= 11 is 0. The topological polar surface area (TPSA) is 29.1 Å². The van der Waals surface area contributed by atoms with Gasteiger partial charge in [0.2, 0.25) is 0 Å². The zero-order valence-corrected chi connectivity index (χ0v) is 12.8. The fourth-order valence-electron chi connectivity index (χ4n) is 2.15. The van der Waals surface area contributed by atoms with Crippen molar-refractivity contribution in [2.45, 2.75) is 52.9 Å². The number of aryl methyl sites for hydroxylation is 1. The summed E-state index contributed by atoms with van der Waals surface area (Å²) in [4.78, 5) is 11.8. The van der Waals surface area contributed by atoms with E-state index >= 15 is 0 Å². The molecule has 0 saturated carbocycles. The highest BCUT2D eigenvalue weighted by Gasteiger charge is 2.12. The van der Waals surface area contributed by atoms with Crippen LogP contribution in [0.5, 0.6) is 0 Å². The minimum atomic E-state index is -0.415. The molecule has 2 nitrogen and oxygen atoms in total. The van der Waals surface area contributed by atoms with E-state index in [0.29, 0.717) is 12.1 Å². The van der Waals surface area contributed by atoms with E-state index in [4.69, 9.17) is 0 Å². The molecule has 1 amide bonds. The molecule has 1 aromatic carbocycles. The van der Waals surface area contributed by atoms with Crippen molar-refractivity contribution in [3.05, 3.63) is 35.1 Å². The molecule has 0 aliphatic heterocycles. The van der Waals surface area contributed by atoms with Crippen molar-refractivity contribution < 1.29 is 9.18 Å². The number of rotatable bonds is 8. The Morgan fingerprint density at radius 3 is 2.60 bits per heavy atom. The van der Waals surface area contributed by atoms with E-state index < -0.39 is 5.82 Å². The average molecular weight is 279 g/mol. The average Bonchev–Trinajstić information content (AvgIpc) is 2.40. The van der Waals surface area contributed by atoms with Crippen LogP contribution in [0.4, 0.5) is 4.39 Å². The number of hydrogen-bond donors (Lipinski definition) is 1. The molecular formula is C17H26FNO. The Labute approximate surface area is 121 Å². The van der Waals surface area contributed by atoms with E-state index in [2.05, 4.69) is 19.2 Å². The number of hydrogen-bond acceptors (Lipinski definition) is 1. The third-order valence-electron chi connectivity index (χ3n) is 3.43. The van der Waals surface area contributed by atoms with Gasteiger partial charge in [-0.2, -0.15) is 0 Å². The smallest absolute Gasteiger partial charge is 0.254 e. The van der Waals surface area contributed by atoms with E-state index in [9.17, 15) is 9.18 Å². The van der Waals surface area contributed by atoms with Crippen molar-refractivity contribution in [3.8, 4) is 0 Å². The third-order valence-corrected chi connectivity index (χ3v) is 3.43. The monoisotopic (exact) mass is 279 g/mol. The van der Waals surface area contributed by atoms with Crippen LogP contribution in [-0.4, -0.2) is 12.5 Å². The van der Waals surface area contributed by atoms with Gasteiger partial charge in [0.25, 0.3) is 5.91 Å². The lowest BCUT2D eigenvalue weighted by Crippen LogP contribution is -2.25. The Bertz CT molecular complexity index is 429. The van der Waals surface area contributed by atoms with Crippen molar-refractivity contribution in [1.29, 1.82) is 0 Å². The van der Waals surface area contributed by atoms with E-state index in [0.717, 1.165) is 18.8 Å². The standard InChI is InChI=1S/C17H26FNO/c1-13(2)9-6-4-5-7-12-19-17(20)15-11-8-10-14(3)16(15)18/h8,10-11,13H,4-7,9,12H2,1-3H3,(H,19,20). The summed E-state index contributed by atoms with van der Waals surface area (Å²) in [6.07, 6.45) is 5.78. The summed E-state index contributed by atoms with van der Waals surface area (Å²) in [6, 6.07) is 4.90. The third kappa shape index (κ3) is 5.72. The van der Waals surface area contributed by atoms with Crippen LogP contribution in [0, 0.1) is 18.7 Å². The van der Waals surface area contributed by atoms with Crippen molar-refractivity contribution in [2.24, 2.45) is 5.92 Å². The fraction of sp³-hybridized carbons (Fsp3) is 0.588. The first-order valence-electron chi connectivity index (χ1n) is 7.55. The number of carbonyl (C=O) groups is 1. The minimum Gasteiger partial charge on any atom is -0.352 e. The molecule has 20 heavy (non-hydrogen) atoms. The number of amides is 1. The summed E-state index contributed by atoms with van der Waals surface area (Å²) in [5.41, 5.74) is 0.649. The lowest BCUT2D eigenvalue weighted by molar-refractivity contribution is 0.0948. The second-order valence-corrected chi connectivity index (χ2v) is 5.79. The molecular weight excluding hydrogens is 253 g/mol. The van der Waals surface area contributed by atoms with Crippen LogP contribution in [0.2, 0.25) is 0 Å². The summed E-state index contributed by atoms with van der Waals surface area (Å²) in [5.74, 6) is 0.0364. The van der Waals surface area contributed by atoms with Crippen molar-refractivity contribution in [2.75, 3.05) is 6.54 Å². The molecule has 1 N–H and O–H groups in total. The summed E-state index contributed by atoms with van der Waals surface area (Å²) in [5, 5.41) is 2.79. The number of unbranched alkanes of at least 4 members (excludes halogenated alkanes) is 3. The molecule has 0 unspecified atom stereocenters. The fourth-order valence-corrected chi connectivity index (χ4v) is 2.15. The Morgan fingerprint density at radius 2 is 1.90 bits per heavy atom. The first-order valence-corrected chi connectivity index (χ1v) is 7.55. The Kier molecular flexibility index (Phi) is 7.27. The number of nitrogens with one attached hydrogen (secondary N) is 1. The molecule has 0 aliphatic rings. The minimum absolute atomic E-state index is 0.143. The largest absolute Gasteiger partial charge is 0.352 e. The van der Waals surface area contributed by atoms with Crippen LogP contribution < -0.4 is 5.32 Å². The van der Waals surface area contributed by atoms with E-state index in [-0.39, 0.29) is 11.5 Å². The SMILES string of the molecule is Cc1cccc(C(=O)NCCCCCCC(C)C)c1F. The van der Waals surface area contributed by atoms with Gasteiger partial charge in [-0.15, -0.1) is 0 Å². The normalized spacial score (nSPS) is 10.8. The highest BCUT2D eigenvalue weighted by Crippen LogP contribution is 2.12. The van der Waals surface area contributed by atoms with Crippen LogP contribution in [0.25, 0.3) is 0 Å². The first kappa shape index (κ1) is 16.7. The van der Waals surface area contributed by atoms with Crippen molar-refractivity contribution >= 4 is 5.91 Å². The highest BCUT2D eigenvalue weighted by atomic mass is 19.1.